The lowest BCUT2D eigenvalue weighted by Gasteiger charge is -2.39. The quantitative estimate of drug-likeness (QED) is 0.334. The van der Waals surface area contributed by atoms with Crippen LogP contribution in [-0.2, 0) is 11.3 Å². The highest BCUT2D eigenvalue weighted by Gasteiger charge is 2.37. The summed E-state index contributed by atoms with van der Waals surface area (Å²) >= 11 is 0. The molecule has 1 aromatic carbocycles. The Morgan fingerprint density at radius 2 is 1.77 bits per heavy atom. The fourth-order valence-electron chi connectivity index (χ4n) is 5.03. The van der Waals surface area contributed by atoms with E-state index in [-0.39, 0.29) is 40.8 Å². The van der Waals surface area contributed by atoms with Crippen LogP contribution in [0.1, 0.15) is 60.5 Å². The number of hydrogen-bond donors (Lipinski definition) is 1. The topological polar surface area (TPSA) is 87.1 Å². The maximum Gasteiger partial charge on any atom is 0.410 e. The van der Waals surface area contributed by atoms with E-state index < -0.39 is 47.3 Å². The number of nitrogens with zero attached hydrogens (tertiary/aromatic N) is 3. The van der Waals surface area contributed by atoms with E-state index in [9.17, 15) is 31.9 Å². The second kappa shape index (κ2) is 9.68. The van der Waals surface area contributed by atoms with E-state index in [0.717, 1.165) is 12.1 Å². The molecule has 1 unspecified atom stereocenters. The van der Waals surface area contributed by atoms with Gasteiger partial charge in [0.05, 0.1) is 29.2 Å². The highest BCUT2D eigenvalue weighted by atomic mass is 19.3. The van der Waals surface area contributed by atoms with Crippen molar-refractivity contribution in [2.75, 3.05) is 13.6 Å². The van der Waals surface area contributed by atoms with E-state index >= 15 is 0 Å². The van der Waals surface area contributed by atoms with Crippen LogP contribution in [0.4, 0.5) is 22.4 Å². The van der Waals surface area contributed by atoms with Gasteiger partial charge in [0.25, 0.3) is 17.9 Å². The number of carbonyl (C=O) groups is 2. The minimum absolute atomic E-state index is 0.0909. The molecule has 0 aliphatic carbocycles. The Balaban J connectivity index is 1.63. The number of carbonyl (C=O) groups excluding carboxylic acids is 2. The van der Waals surface area contributed by atoms with Gasteiger partial charge in [-0.15, -0.1) is 0 Å². The first-order valence-electron chi connectivity index (χ1n) is 12.4. The molecular formula is C28H26F4N4O4. The highest BCUT2D eigenvalue weighted by molar-refractivity contribution is 5.96. The lowest BCUT2D eigenvalue weighted by Crippen LogP contribution is -2.47. The van der Waals surface area contributed by atoms with E-state index in [0.29, 0.717) is 11.1 Å². The molecule has 210 valence electrons. The molecule has 40 heavy (non-hydrogen) atoms. The number of aromatic nitrogens is 2. The number of nitrogens with one attached hydrogen (secondary N) is 1. The molecule has 0 saturated carbocycles. The summed E-state index contributed by atoms with van der Waals surface area (Å²) < 4.78 is 62.3. The molecule has 4 aromatic rings. The van der Waals surface area contributed by atoms with Crippen molar-refractivity contribution in [3.8, 4) is 0 Å². The van der Waals surface area contributed by atoms with E-state index in [1.165, 1.54) is 45.6 Å². The van der Waals surface area contributed by atoms with Crippen molar-refractivity contribution >= 4 is 28.3 Å². The minimum atomic E-state index is -2.78. The van der Waals surface area contributed by atoms with Gasteiger partial charge in [0.2, 0.25) is 0 Å². The summed E-state index contributed by atoms with van der Waals surface area (Å²) in [5, 5.41) is -0.0291. The Morgan fingerprint density at radius 3 is 2.42 bits per heavy atom. The van der Waals surface area contributed by atoms with Crippen LogP contribution < -0.4 is 5.56 Å². The molecule has 0 radical (unpaired) electrons. The molecule has 3 aromatic heterocycles. The van der Waals surface area contributed by atoms with Crippen LogP contribution in [0.25, 0.3) is 16.3 Å². The van der Waals surface area contributed by atoms with Gasteiger partial charge in [-0.1, -0.05) is 6.07 Å². The molecule has 2 amide bonds. The lowest BCUT2D eigenvalue weighted by molar-refractivity contribution is 0.0142. The largest absolute Gasteiger partial charge is 0.444 e. The molecule has 1 aliphatic heterocycles. The summed E-state index contributed by atoms with van der Waals surface area (Å²) in [6.45, 7) is 4.86. The zero-order chi connectivity index (χ0) is 29.1. The summed E-state index contributed by atoms with van der Waals surface area (Å²) in [4.78, 5) is 44.8. The molecule has 1 aliphatic rings. The number of ether oxygens (including phenoxy) is 1. The Morgan fingerprint density at radius 1 is 1.10 bits per heavy atom. The number of amides is 2. The molecule has 0 saturated heterocycles. The molecule has 4 heterocycles. The first-order valence-corrected chi connectivity index (χ1v) is 12.4. The van der Waals surface area contributed by atoms with Crippen LogP contribution in [0, 0.1) is 11.6 Å². The van der Waals surface area contributed by atoms with E-state index in [4.69, 9.17) is 4.74 Å². The van der Waals surface area contributed by atoms with Crippen molar-refractivity contribution < 1.29 is 31.9 Å². The van der Waals surface area contributed by atoms with Gasteiger partial charge < -0.3 is 19.0 Å². The molecule has 12 heteroatoms. The average molecular weight is 559 g/mol. The van der Waals surface area contributed by atoms with Gasteiger partial charge in [-0.05, 0) is 56.5 Å². The monoisotopic (exact) mass is 558 g/mol. The third-order valence-electron chi connectivity index (χ3n) is 6.83. The lowest BCUT2D eigenvalue weighted by atomic mass is 9.92. The number of alkyl halides is 2. The summed E-state index contributed by atoms with van der Waals surface area (Å²) in [5.74, 6) is -2.96. The number of halogens is 4. The third-order valence-corrected chi connectivity index (χ3v) is 6.83. The summed E-state index contributed by atoms with van der Waals surface area (Å²) in [6.07, 6.45) is -2.18. The van der Waals surface area contributed by atoms with Crippen LogP contribution in [0.2, 0.25) is 0 Å². The molecule has 0 bridgehead atoms. The van der Waals surface area contributed by atoms with Gasteiger partial charge in [-0.25, -0.2) is 22.4 Å². The molecule has 8 nitrogen and oxygen atoms in total. The number of H-pyrrole nitrogens is 1. The maximum absolute atomic E-state index is 14.4. The standard InChI is InChI=1S/C28H26F4N4O4/c1-28(2,3)40-27(39)35-12-20-23(16-9-18(29)19(30)10-17(16)25(37)33-20)22(13-35)34(4)26(38)14-8-15-6-5-7-21(24(31)32)36(15)11-14/h5-11,22,24H,12-13H2,1-4H3,(H,33,37). The molecule has 1 N–H and O–H groups in total. The SMILES string of the molecule is CN(C(=O)c1cc2cccc(C(F)F)n2c1)C1CN(C(=O)OC(C)(C)C)Cc2[nH]c(=O)c3cc(F)c(F)cc3c21. The molecule has 0 fully saturated rings. The summed E-state index contributed by atoms with van der Waals surface area (Å²) in [7, 11) is 1.45. The second-order valence-electron chi connectivity index (χ2n) is 10.7. The summed E-state index contributed by atoms with van der Waals surface area (Å²) in [6, 6.07) is 6.50. The van der Waals surface area contributed by atoms with Gasteiger partial charge in [0.1, 0.15) is 5.60 Å². The maximum atomic E-state index is 14.4. The van der Waals surface area contributed by atoms with Gasteiger partial charge >= 0.3 is 6.09 Å². The molecule has 1 atom stereocenters. The fourth-order valence-corrected chi connectivity index (χ4v) is 5.03. The predicted molar refractivity (Wildman–Crippen MR) is 138 cm³/mol. The summed E-state index contributed by atoms with van der Waals surface area (Å²) in [5.41, 5.74) is -0.780. The van der Waals surface area contributed by atoms with E-state index in [1.54, 1.807) is 26.8 Å². The van der Waals surface area contributed by atoms with Gasteiger partial charge in [0.15, 0.2) is 11.6 Å². The number of fused-ring (bicyclic) bond motifs is 4. The van der Waals surface area contributed by atoms with Crippen LogP contribution in [0.5, 0.6) is 0 Å². The molecule has 5 rings (SSSR count). The number of hydrogen-bond acceptors (Lipinski definition) is 4. The van der Waals surface area contributed by atoms with Gasteiger partial charge in [-0.2, -0.15) is 0 Å². The van der Waals surface area contributed by atoms with Crippen LogP contribution >= 0.6 is 0 Å². The normalized spacial score (nSPS) is 15.5. The number of pyridine rings is 2. The van der Waals surface area contributed by atoms with Gasteiger partial charge in [-0.3, -0.25) is 14.5 Å². The zero-order valence-electron chi connectivity index (χ0n) is 22.1. The predicted octanol–water partition coefficient (Wildman–Crippen LogP) is 5.56. The van der Waals surface area contributed by atoms with Crippen molar-refractivity contribution in [3.05, 3.63) is 87.1 Å². The van der Waals surface area contributed by atoms with Crippen molar-refractivity contribution in [2.24, 2.45) is 0 Å². The molecule has 0 spiro atoms. The first-order chi connectivity index (χ1) is 18.7. The Kier molecular flexibility index (Phi) is 6.59. The first kappa shape index (κ1) is 27.2. The van der Waals surface area contributed by atoms with Crippen molar-refractivity contribution in [1.82, 2.24) is 19.2 Å². The number of aromatic amines is 1. The Labute approximate surface area is 225 Å². The number of benzene rings is 1. The fraction of sp³-hybridized carbons (Fsp3) is 0.321. The third kappa shape index (κ3) is 4.78. The van der Waals surface area contributed by atoms with Crippen molar-refractivity contribution in [1.29, 1.82) is 0 Å². The highest BCUT2D eigenvalue weighted by Crippen LogP contribution is 2.36. The van der Waals surface area contributed by atoms with Crippen LogP contribution in [0.3, 0.4) is 0 Å². The van der Waals surface area contributed by atoms with E-state index in [2.05, 4.69) is 4.98 Å². The Bertz CT molecular complexity index is 1720. The van der Waals surface area contributed by atoms with Gasteiger partial charge in [0, 0.05) is 36.6 Å². The Hall–Kier alpha value is -4.35. The molecular weight excluding hydrogens is 532 g/mol. The van der Waals surface area contributed by atoms with Crippen LogP contribution in [-0.4, -0.2) is 50.4 Å². The van der Waals surface area contributed by atoms with Crippen molar-refractivity contribution in [3.63, 3.8) is 0 Å². The number of likely N-dealkylation sites (N-methyl/N-ethyl adjacent to an activating group) is 1. The smallest absolute Gasteiger partial charge is 0.410 e. The second-order valence-corrected chi connectivity index (χ2v) is 10.7. The zero-order valence-corrected chi connectivity index (χ0v) is 22.1. The minimum Gasteiger partial charge on any atom is -0.444 e. The van der Waals surface area contributed by atoms with E-state index in [1.807, 2.05) is 0 Å². The number of rotatable bonds is 3. The van der Waals surface area contributed by atoms with Crippen molar-refractivity contribution in [2.45, 2.75) is 45.4 Å². The van der Waals surface area contributed by atoms with Crippen LogP contribution in [0.15, 0.2) is 47.4 Å². The average Bonchev–Trinajstić information content (AvgIpc) is 3.31.